The van der Waals surface area contributed by atoms with Crippen LogP contribution in [-0.2, 0) is 6.54 Å². The minimum absolute atomic E-state index is 0.257. The fourth-order valence-corrected chi connectivity index (χ4v) is 3.00. The van der Waals surface area contributed by atoms with Crippen molar-refractivity contribution in [3.05, 3.63) is 29.3 Å². The molecule has 4 nitrogen and oxygen atoms in total. The first-order valence-electron chi connectivity index (χ1n) is 6.87. The summed E-state index contributed by atoms with van der Waals surface area (Å²) >= 11 is 0. The van der Waals surface area contributed by atoms with Crippen LogP contribution in [0.1, 0.15) is 49.0 Å². The average Bonchev–Trinajstić information content (AvgIpc) is 2.33. The first kappa shape index (κ1) is 13.9. The molecule has 1 aromatic rings. The Kier molecular flexibility index (Phi) is 4.10. The molecule has 2 unspecified atom stereocenters. The van der Waals surface area contributed by atoms with E-state index in [2.05, 4.69) is 18.7 Å². The second-order valence-corrected chi connectivity index (χ2v) is 5.49. The molecule has 0 aromatic heterocycles. The number of hydrogen-bond acceptors (Lipinski definition) is 3. The Morgan fingerprint density at radius 3 is 2.58 bits per heavy atom. The van der Waals surface area contributed by atoms with Crippen LogP contribution in [0.5, 0.6) is 0 Å². The summed E-state index contributed by atoms with van der Waals surface area (Å²) in [4.78, 5) is 13.7. The van der Waals surface area contributed by atoms with E-state index in [0.29, 0.717) is 24.3 Å². The Labute approximate surface area is 114 Å². The lowest BCUT2D eigenvalue weighted by molar-refractivity contribution is 0.0687. The van der Waals surface area contributed by atoms with Crippen molar-refractivity contribution in [3.63, 3.8) is 0 Å². The third-order valence-corrected chi connectivity index (χ3v) is 4.13. The molecular weight excluding hydrogens is 240 g/mol. The van der Waals surface area contributed by atoms with Gasteiger partial charge in [0.15, 0.2) is 0 Å². The Morgan fingerprint density at radius 2 is 2.00 bits per heavy atom. The van der Waals surface area contributed by atoms with Crippen molar-refractivity contribution in [2.75, 3.05) is 5.73 Å². The van der Waals surface area contributed by atoms with Gasteiger partial charge in [-0.25, -0.2) is 4.79 Å². The van der Waals surface area contributed by atoms with Gasteiger partial charge in [0.05, 0.1) is 5.56 Å². The number of carbonyl (C=O) groups is 1. The number of nitrogens with zero attached hydrogens (tertiary/aromatic N) is 1. The van der Waals surface area contributed by atoms with Crippen molar-refractivity contribution < 1.29 is 9.90 Å². The number of piperidine rings is 1. The predicted molar refractivity (Wildman–Crippen MR) is 76.1 cm³/mol. The van der Waals surface area contributed by atoms with Gasteiger partial charge in [0.25, 0.3) is 0 Å². The van der Waals surface area contributed by atoms with E-state index in [0.717, 1.165) is 5.56 Å². The summed E-state index contributed by atoms with van der Waals surface area (Å²) in [5.41, 5.74) is 7.22. The largest absolute Gasteiger partial charge is 0.478 e. The second kappa shape index (κ2) is 5.61. The van der Waals surface area contributed by atoms with Crippen molar-refractivity contribution in [3.8, 4) is 0 Å². The molecule has 0 bridgehead atoms. The standard InChI is InChI=1S/C15H22N2O2/c1-10-5-3-6-11(2)17(10)9-12-7-4-8-13(16)14(12)15(18)19/h4,7-8,10-11H,3,5-6,9,16H2,1-2H3,(H,18,19). The van der Waals surface area contributed by atoms with Crippen molar-refractivity contribution in [1.82, 2.24) is 4.90 Å². The van der Waals surface area contributed by atoms with Crippen LogP contribution >= 0.6 is 0 Å². The van der Waals surface area contributed by atoms with E-state index in [9.17, 15) is 9.90 Å². The summed E-state index contributed by atoms with van der Waals surface area (Å²) in [5, 5.41) is 9.31. The molecule has 1 heterocycles. The molecule has 4 heteroatoms. The first-order valence-corrected chi connectivity index (χ1v) is 6.87. The van der Waals surface area contributed by atoms with E-state index in [1.165, 1.54) is 19.3 Å². The number of nitrogen functional groups attached to an aromatic ring is 1. The molecule has 1 aromatic carbocycles. The van der Waals surface area contributed by atoms with Gasteiger partial charge in [-0.1, -0.05) is 18.6 Å². The average molecular weight is 262 g/mol. The maximum atomic E-state index is 11.3. The van der Waals surface area contributed by atoms with Gasteiger partial charge < -0.3 is 10.8 Å². The number of carboxylic acid groups (broad SMARTS) is 1. The summed E-state index contributed by atoms with van der Waals surface area (Å²) < 4.78 is 0. The van der Waals surface area contributed by atoms with Gasteiger partial charge in [-0.05, 0) is 38.3 Å². The molecule has 0 amide bonds. The quantitative estimate of drug-likeness (QED) is 0.822. The Bertz CT molecular complexity index is 463. The van der Waals surface area contributed by atoms with Crippen molar-refractivity contribution in [2.24, 2.45) is 0 Å². The number of rotatable bonds is 3. The number of aromatic carboxylic acids is 1. The maximum Gasteiger partial charge on any atom is 0.338 e. The fourth-order valence-electron chi connectivity index (χ4n) is 3.00. The maximum absolute atomic E-state index is 11.3. The van der Waals surface area contributed by atoms with Gasteiger partial charge in [-0.3, -0.25) is 4.90 Å². The number of likely N-dealkylation sites (tertiary alicyclic amines) is 1. The molecule has 1 saturated heterocycles. The van der Waals surface area contributed by atoms with Crippen LogP contribution in [0.2, 0.25) is 0 Å². The third-order valence-electron chi connectivity index (χ3n) is 4.13. The molecule has 0 spiro atoms. The minimum atomic E-state index is -0.939. The summed E-state index contributed by atoms with van der Waals surface area (Å²) in [6.45, 7) is 5.08. The highest BCUT2D eigenvalue weighted by Crippen LogP contribution is 2.27. The lowest BCUT2D eigenvalue weighted by atomic mass is 9.95. The van der Waals surface area contributed by atoms with Gasteiger partial charge >= 0.3 is 5.97 Å². The number of carboxylic acids is 1. The number of nitrogens with two attached hydrogens (primary N) is 1. The molecular formula is C15H22N2O2. The number of anilines is 1. The smallest absolute Gasteiger partial charge is 0.338 e. The highest BCUT2D eigenvalue weighted by molar-refractivity contribution is 5.95. The summed E-state index contributed by atoms with van der Waals surface area (Å²) in [5.74, 6) is -0.939. The molecule has 2 rings (SSSR count). The van der Waals surface area contributed by atoms with Crippen molar-refractivity contribution in [2.45, 2.75) is 51.7 Å². The summed E-state index contributed by atoms with van der Waals surface area (Å²) in [7, 11) is 0. The number of hydrogen-bond donors (Lipinski definition) is 2. The SMILES string of the molecule is CC1CCCC(C)N1Cc1cccc(N)c1C(=O)O. The summed E-state index contributed by atoms with van der Waals surface area (Å²) in [6.07, 6.45) is 3.60. The van der Waals surface area contributed by atoms with Crippen LogP contribution in [0.4, 0.5) is 5.69 Å². The van der Waals surface area contributed by atoms with Crippen LogP contribution in [0.15, 0.2) is 18.2 Å². The van der Waals surface area contributed by atoms with Crippen LogP contribution in [-0.4, -0.2) is 28.1 Å². The highest BCUT2D eigenvalue weighted by Gasteiger charge is 2.26. The van der Waals surface area contributed by atoms with E-state index in [1.54, 1.807) is 6.07 Å². The van der Waals surface area contributed by atoms with Gasteiger partial charge in [-0.2, -0.15) is 0 Å². The van der Waals surface area contributed by atoms with E-state index in [-0.39, 0.29) is 5.56 Å². The molecule has 104 valence electrons. The number of benzene rings is 1. The third kappa shape index (κ3) is 2.89. The zero-order valence-electron chi connectivity index (χ0n) is 11.6. The van der Waals surface area contributed by atoms with Gasteiger partial charge in [0.1, 0.15) is 0 Å². The predicted octanol–water partition coefficient (Wildman–Crippen LogP) is 2.73. The van der Waals surface area contributed by atoms with Crippen LogP contribution in [0.3, 0.4) is 0 Å². The van der Waals surface area contributed by atoms with Gasteiger partial charge in [-0.15, -0.1) is 0 Å². The molecule has 2 atom stereocenters. The van der Waals surface area contributed by atoms with Crippen LogP contribution < -0.4 is 5.73 Å². The molecule has 0 aliphatic carbocycles. The van der Waals surface area contributed by atoms with Crippen molar-refractivity contribution >= 4 is 11.7 Å². The lowest BCUT2D eigenvalue weighted by Crippen LogP contribution is -2.43. The van der Waals surface area contributed by atoms with Crippen LogP contribution in [0.25, 0.3) is 0 Å². The van der Waals surface area contributed by atoms with E-state index >= 15 is 0 Å². The van der Waals surface area contributed by atoms with Crippen LogP contribution in [0, 0.1) is 0 Å². The van der Waals surface area contributed by atoms with Gasteiger partial charge in [0.2, 0.25) is 0 Å². The zero-order chi connectivity index (χ0) is 14.0. The van der Waals surface area contributed by atoms with Gasteiger partial charge in [0, 0.05) is 24.3 Å². The Hall–Kier alpha value is -1.55. The van der Waals surface area contributed by atoms with E-state index in [4.69, 9.17) is 5.73 Å². The zero-order valence-corrected chi connectivity index (χ0v) is 11.6. The van der Waals surface area contributed by atoms with Crippen molar-refractivity contribution in [1.29, 1.82) is 0 Å². The minimum Gasteiger partial charge on any atom is -0.478 e. The first-order chi connectivity index (χ1) is 9.00. The fraction of sp³-hybridized carbons (Fsp3) is 0.533. The molecule has 1 aliphatic rings. The lowest BCUT2D eigenvalue weighted by Gasteiger charge is -2.39. The molecule has 19 heavy (non-hydrogen) atoms. The molecule has 0 radical (unpaired) electrons. The highest BCUT2D eigenvalue weighted by atomic mass is 16.4. The summed E-state index contributed by atoms with van der Waals surface area (Å²) in [6, 6.07) is 6.33. The molecule has 1 fully saturated rings. The Morgan fingerprint density at radius 1 is 1.37 bits per heavy atom. The topological polar surface area (TPSA) is 66.6 Å². The molecule has 1 aliphatic heterocycles. The molecule has 0 saturated carbocycles. The second-order valence-electron chi connectivity index (χ2n) is 5.49. The monoisotopic (exact) mass is 262 g/mol. The normalized spacial score (nSPS) is 24.3. The Balaban J connectivity index is 2.27. The van der Waals surface area contributed by atoms with E-state index < -0.39 is 5.97 Å². The van der Waals surface area contributed by atoms with E-state index in [1.807, 2.05) is 12.1 Å². The molecule has 3 N–H and O–H groups in total.